The molecule has 0 rings (SSSR count). The minimum atomic E-state index is -0.208. The van der Waals surface area contributed by atoms with Gasteiger partial charge in [0.1, 0.15) is 0 Å². The quantitative estimate of drug-likeness (QED) is 0.356. The predicted octanol–water partition coefficient (Wildman–Crippen LogP) is 3.47. The largest absolute Gasteiger partial charge is 0.463 e. The molecule has 0 atom stereocenters. The number of unbranched alkanes of at least 4 members (excludes halogenated alkanes) is 3. The van der Waals surface area contributed by atoms with Crippen LogP contribution in [0.2, 0.25) is 0 Å². The molecule has 0 aromatic rings. The first-order valence-corrected chi connectivity index (χ1v) is 5.54. The number of rotatable bonds is 7. The highest BCUT2D eigenvalue weighted by Crippen LogP contribution is 2.09. The van der Waals surface area contributed by atoms with Gasteiger partial charge in [0.15, 0.2) is 0 Å². The molecular weight excluding hydrogens is 176 g/mol. The minimum Gasteiger partial charge on any atom is -0.463 e. The Balaban J connectivity index is 3.60. The number of carbonyl (C=O) groups excluding carboxylic acids is 1. The standard InChI is InChI=1S/C12H22O2/c1-4-6-7-8-9-11(3)10-12(13)14-5-2/h10H,4-9H2,1-3H3. The zero-order chi connectivity index (χ0) is 10.8. The van der Waals surface area contributed by atoms with Crippen molar-refractivity contribution < 1.29 is 9.53 Å². The lowest BCUT2D eigenvalue weighted by atomic mass is 10.1. The summed E-state index contributed by atoms with van der Waals surface area (Å²) in [5, 5.41) is 0. The van der Waals surface area contributed by atoms with Gasteiger partial charge in [-0.15, -0.1) is 0 Å². The average Bonchev–Trinajstić information content (AvgIpc) is 2.13. The van der Waals surface area contributed by atoms with Gasteiger partial charge in [0.05, 0.1) is 6.61 Å². The van der Waals surface area contributed by atoms with Crippen molar-refractivity contribution in [2.75, 3.05) is 6.61 Å². The van der Waals surface area contributed by atoms with Crippen molar-refractivity contribution in [3.63, 3.8) is 0 Å². The first kappa shape index (κ1) is 13.2. The topological polar surface area (TPSA) is 26.3 Å². The molecule has 0 unspecified atom stereocenters. The summed E-state index contributed by atoms with van der Waals surface area (Å²) >= 11 is 0. The van der Waals surface area contributed by atoms with E-state index in [2.05, 4.69) is 6.92 Å². The Kier molecular flexibility index (Phi) is 8.30. The predicted molar refractivity (Wildman–Crippen MR) is 59.1 cm³/mol. The molecule has 0 N–H and O–H groups in total. The van der Waals surface area contributed by atoms with Crippen molar-refractivity contribution in [2.45, 2.75) is 52.9 Å². The van der Waals surface area contributed by atoms with Gasteiger partial charge in [-0.2, -0.15) is 0 Å². The number of esters is 1. The molecule has 2 nitrogen and oxygen atoms in total. The van der Waals surface area contributed by atoms with E-state index in [4.69, 9.17) is 4.74 Å². The lowest BCUT2D eigenvalue weighted by Gasteiger charge is -2.01. The van der Waals surface area contributed by atoms with Gasteiger partial charge in [0.2, 0.25) is 0 Å². The molecule has 0 aliphatic carbocycles. The van der Waals surface area contributed by atoms with Crippen LogP contribution in [0, 0.1) is 0 Å². The highest BCUT2D eigenvalue weighted by molar-refractivity contribution is 5.82. The van der Waals surface area contributed by atoms with Crippen LogP contribution in [-0.2, 0) is 9.53 Å². The van der Waals surface area contributed by atoms with Crippen LogP contribution in [0.15, 0.2) is 11.6 Å². The van der Waals surface area contributed by atoms with Crippen LogP contribution in [-0.4, -0.2) is 12.6 Å². The van der Waals surface area contributed by atoms with E-state index >= 15 is 0 Å². The van der Waals surface area contributed by atoms with Gasteiger partial charge in [0, 0.05) is 6.08 Å². The number of carbonyl (C=O) groups is 1. The Morgan fingerprint density at radius 3 is 2.50 bits per heavy atom. The molecule has 82 valence electrons. The molecule has 0 aliphatic rings. The van der Waals surface area contributed by atoms with Gasteiger partial charge in [0.25, 0.3) is 0 Å². The molecule has 0 aliphatic heterocycles. The Hall–Kier alpha value is -0.790. The van der Waals surface area contributed by atoms with Crippen molar-refractivity contribution >= 4 is 5.97 Å². The van der Waals surface area contributed by atoms with Gasteiger partial charge >= 0.3 is 5.97 Å². The van der Waals surface area contributed by atoms with E-state index in [0.717, 1.165) is 12.0 Å². The Bertz CT molecular complexity index is 183. The van der Waals surface area contributed by atoms with E-state index in [0.29, 0.717) is 6.61 Å². The zero-order valence-corrected chi connectivity index (χ0v) is 9.64. The summed E-state index contributed by atoms with van der Waals surface area (Å²) in [5.41, 5.74) is 1.12. The smallest absolute Gasteiger partial charge is 0.330 e. The van der Waals surface area contributed by atoms with Crippen LogP contribution < -0.4 is 0 Å². The van der Waals surface area contributed by atoms with E-state index in [9.17, 15) is 4.79 Å². The van der Waals surface area contributed by atoms with E-state index in [1.54, 1.807) is 6.08 Å². The first-order chi connectivity index (χ1) is 6.70. The number of allylic oxidation sites excluding steroid dienone is 1. The summed E-state index contributed by atoms with van der Waals surface area (Å²) in [6, 6.07) is 0. The van der Waals surface area contributed by atoms with Gasteiger partial charge in [-0.1, -0.05) is 31.8 Å². The molecule has 14 heavy (non-hydrogen) atoms. The maximum Gasteiger partial charge on any atom is 0.330 e. The summed E-state index contributed by atoms with van der Waals surface area (Å²) < 4.78 is 4.82. The molecule has 0 spiro atoms. The first-order valence-electron chi connectivity index (χ1n) is 5.54. The molecule has 0 saturated heterocycles. The summed E-state index contributed by atoms with van der Waals surface area (Å²) in [4.78, 5) is 11.0. The van der Waals surface area contributed by atoms with Crippen molar-refractivity contribution in [3.8, 4) is 0 Å². The average molecular weight is 198 g/mol. The second-order valence-electron chi connectivity index (χ2n) is 3.55. The van der Waals surface area contributed by atoms with E-state index in [1.807, 2.05) is 13.8 Å². The normalized spacial score (nSPS) is 11.5. The van der Waals surface area contributed by atoms with Gasteiger partial charge in [-0.25, -0.2) is 4.79 Å². The highest BCUT2D eigenvalue weighted by atomic mass is 16.5. The van der Waals surface area contributed by atoms with Crippen LogP contribution in [0.5, 0.6) is 0 Å². The van der Waals surface area contributed by atoms with Crippen LogP contribution in [0.4, 0.5) is 0 Å². The van der Waals surface area contributed by atoms with Crippen molar-refractivity contribution in [2.24, 2.45) is 0 Å². The number of hydrogen-bond acceptors (Lipinski definition) is 2. The summed E-state index contributed by atoms with van der Waals surface area (Å²) in [5.74, 6) is -0.208. The Morgan fingerprint density at radius 2 is 1.93 bits per heavy atom. The lowest BCUT2D eigenvalue weighted by Crippen LogP contribution is -2.00. The fourth-order valence-corrected chi connectivity index (χ4v) is 1.29. The molecular formula is C12H22O2. The Labute approximate surface area is 87.3 Å². The van der Waals surface area contributed by atoms with Crippen molar-refractivity contribution in [1.29, 1.82) is 0 Å². The molecule has 0 aromatic heterocycles. The fraction of sp³-hybridized carbons (Fsp3) is 0.750. The van der Waals surface area contributed by atoms with E-state index in [-0.39, 0.29) is 5.97 Å². The van der Waals surface area contributed by atoms with Crippen molar-refractivity contribution in [3.05, 3.63) is 11.6 Å². The van der Waals surface area contributed by atoms with Crippen LogP contribution >= 0.6 is 0 Å². The molecule has 0 heterocycles. The maximum atomic E-state index is 11.0. The van der Waals surface area contributed by atoms with Crippen LogP contribution in [0.3, 0.4) is 0 Å². The highest BCUT2D eigenvalue weighted by Gasteiger charge is 1.97. The van der Waals surface area contributed by atoms with Gasteiger partial charge in [-0.3, -0.25) is 0 Å². The van der Waals surface area contributed by atoms with Crippen LogP contribution in [0.1, 0.15) is 52.9 Å². The van der Waals surface area contributed by atoms with E-state index in [1.165, 1.54) is 25.7 Å². The summed E-state index contributed by atoms with van der Waals surface area (Å²) in [6.45, 7) is 6.46. The number of ether oxygens (including phenoxy) is 1. The number of hydrogen-bond donors (Lipinski definition) is 0. The fourth-order valence-electron chi connectivity index (χ4n) is 1.29. The molecule has 0 saturated carbocycles. The second kappa shape index (κ2) is 8.79. The van der Waals surface area contributed by atoms with Crippen LogP contribution in [0.25, 0.3) is 0 Å². The van der Waals surface area contributed by atoms with Gasteiger partial charge < -0.3 is 4.74 Å². The minimum absolute atomic E-state index is 0.208. The molecule has 0 aromatic carbocycles. The summed E-state index contributed by atoms with van der Waals surface area (Å²) in [6.07, 6.45) is 7.58. The third-order valence-electron chi connectivity index (χ3n) is 2.08. The zero-order valence-electron chi connectivity index (χ0n) is 9.64. The van der Waals surface area contributed by atoms with Crippen molar-refractivity contribution in [1.82, 2.24) is 0 Å². The summed E-state index contributed by atoms with van der Waals surface area (Å²) in [7, 11) is 0. The molecule has 0 amide bonds. The SMILES string of the molecule is CCCCCCC(C)=CC(=O)OCC. The third kappa shape index (κ3) is 7.84. The maximum absolute atomic E-state index is 11.0. The van der Waals surface area contributed by atoms with E-state index < -0.39 is 0 Å². The molecule has 0 radical (unpaired) electrons. The second-order valence-corrected chi connectivity index (χ2v) is 3.55. The molecule has 0 bridgehead atoms. The monoisotopic (exact) mass is 198 g/mol. The lowest BCUT2D eigenvalue weighted by molar-refractivity contribution is -0.137. The molecule has 2 heteroatoms. The van der Waals surface area contributed by atoms with Gasteiger partial charge in [-0.05, 0) is 26.7 Å². The molecule has 0 fully saturated rings. The Morgan fingerprint density at radius 1 is 1.21 bits per heavy atom. The third-order valence-corrected chi connectivity index (χ3v) is 2.08.